The lowest BCUT2D eigenvalue weighted by molar-refractivity contribution is 0.0514. The Bertz CT molecular complexity index is 7100. The van der Waals surface area contributed by atoms with Gasteiger partial charge in [0.15, 0.2) is 0 Å². The molecule has 0 unspecified atom stereocenters. The summed E-state index contributed by atoms with van der Waals surface area (Å²) in [5.41, 5.74) is 9.07. The fourth-order valence-electron chi connectivity index (χ4n) is 8.78. The van der Waals surface area contributed by atoms with Crippen LogP contribution >= 0.6 is 235 Å². The van der Waals surface area contributed by atoms with Gasteiger partial charge in [-0.05, 0) is 396 Å². The molecule has 4 N–H and O–H groups in total. The van der Waals surface area contributed by atoms with E-state index in [0.717, 1.165) is 27.0 Å². The smallest absolute Gasteiger partial charge is 0.341 e. The number of esters is 9. The van der Waals surface area contributed by atoms with Gasteiger partial charge in [0.2, 0.25) is 0 Å². The number of hydrogen-bond donors (Lipinski definition) is 3. The number of ether oxygens (including phenoxy) is 9. The Kier molecular flexibility index (Phi) is 66.0. The number of hydrogen-bond acceptors (Lipinski definition) is 48. The van der Waals surface area contributed by atoms with E-state index in [1.54, 1.807) is 146 Å². The van der Waals surface area contributed by atoms with Gasteiger partial charge in [-0.2, -0.15) is 0 Å². The molecule has 0 spiro atoms. The highest BCUT2D eigenvalue weighted by molar-refractivity contribution is 14.1. The van der Waals surface area contributed by atoms with Gasteiger partial charge >= 0.3 is 53.7 Å². The van der Waals surface area contributed by atoms with Gasteiger partial charge in [-0.15, -0.1) is 0 Å². The van der Waals surface area contributed by atoms with E-state index in [2.05, 4.69) is 120 Å². The number of nitrogens with two attached hydrogens (primary N) is 1. The first kappa shape index (κ1) is 142. The van der Waals surface area contributed by atoms with E-state index in [9.17, 15) is 170 Å². The topological polar surface area (TPSA) is 818 Å². The Morgan fingerprint density at radius 1 is 0.253 bits per heavy atom. The van der Waals surface area contributed by atoms with Crippen LogP contribution in [0, 0.1) is 39.1 Å². The number of aromatic hydroxyl groups is 2. The molecule has 0 fully saturated rings. The van der Waals surface area contributed by atoms with Crippen LogP contribution in [-0.4, -0.2) is 292 Å². The lowest BCUT2D eigenvalue weighted by atomic mass is 10.1. The van der Waals surface area contributed by atoms with Crippen LogP contribution in [0.1, 0.15) is 98.8 Å². The highest BCUT2D eigenvalue weighted by atomic mass is 127. The number of carbonyl (C=O) groups is 9. The average Bonchev–Trinajstić information content (AvgIpc) is 0.856. The summed E-state index contributed by atoms with van der Waals surface area (Å²) in [6.45, 7) is -2.23. The lowest BCUT2D eigenvalue weighted by Crippen LogP contribution is -2.15. The van der Waals surface area contributed by atoms with Gasteiger partial charge in [0.25, 0.3) is 0 Å². The molecule has 0 radical (unpaired) electrons. The molecule has 9 aromatic carbocycles. The largest absolute Gasteiger partial charge is 0.748 e. The Morgan fingerprint density at radius 3 is 0.927 bits per heavy atom. The molecular weight excluding hydrogens is 3340 g/mol. The van der Waals surface area contributed by atoms with Gasteiger partial charge in [0.1, 0.15) is 82.1 Å². The van der Waals surface area contributed by atoms with E-state index in [1.165, 1.54) is 36.4 Å². The number of aryl methyl sites for hydroxylation is 1. The van der Waals surface area contributed by atoms with Crippen molar-refractivity contribution in [3.8, 4) is 11.5 Å². The zero-order valence-corrected chi connectivity index (χ0v) is 105. The van der Waals surface area contributed by atoms with Crippen LogP contribution in [-0.2, 0) is 134 Å². The predicted octanol–water partition coefficient (Wildman–Crippen LogP) is 9.77. The van der Waals surface area contributed by atoms with E-state index in [0.29, 0.717) is 58.7 Å². The maximum atomic E-state index is 11.6. The predicted molar refractivity (Wildman–Crippen MR) is 604 cm³/mol. The number of rotatable bonds is 36. The zero-order valence-electron chi connectivity index (χ0n) is 75.2. The first-order valence-corrected chi connectivity index (χ1v) is 64.8. The fourth-order valence-corrected chi connectivity index (χ4v) is 17.2. The van der Waals surface area contributed by atoms with Crippen molar-refractivity contribution in [1.82, 2.24) is 0 Å². The molecule has 0 bridgehead atoms. The number of nitrogen functional groups attached to an aromatic ring is 1. The third kappa shape index (κ3) is 70.1. The Morgan fingerprint density at radius 2 is 0.553 bits per heavy atom. The summed E-state index contributed by atoms with van der Waals surface area (Å²) in [5.74, 6) is -13.4. The van der Waals surface area contributed by atoms with Crippen molar-refractivity contribution >= 4 is 386 Å². The second-order valence-electron chi connectivity index (χ2n) is 27.4. The van der Waals surface area contributed by atoms with Crippen LogP contribution in [0.4, 0.5) is 5.69 Å². The van der Waals surface area contributed by atoms with Crippen LogP contribution in [0.15, 0.2) is 191 Å². The Balaban J connectivity index is 0.000000844. The number of benzene rings is 9. The van der Waals surface area contributed by atoms with Crippen molar-refractivity contribution < 1.29 is 213 Å². The standard InChI is InChI=1S/C10H11IO5S.2C9H8BrIO5S.C9H10INO5S.2C9H9IO6S.3C9H9IO5S/c1-7-6-8(2-3-9(7)11)10(12)16-4-5-17(13,14)15;10-7-3-6(4-8(11)5-7)9(12)16-1-2-17(13,14)15;10-8-2-1-6(11)5-7(8)9(12)16-3-4-17(13,14)15;10-7-5-6(1-2-8(7)11)9(12)16-3-4-17(13,14)15;10-6-1-2-8(11)7(5-6)9(12)16-3-4-17(13,14)15;10-6-1-2-7(8(11)5-6)9(12)16-3-4-17(13,14)15;10-8-3-1-7(2-4-8)9(11)15-5-6-16(12,13)14;10-8-3-1-2-7(6-8)9(11)15-4-5-16(12,13)14;10-8-4-2-1-3-7(8)9(11)15-5-6-16(12,13)14/h2-3,6H,4-5H2,1H3,(H,13,14,15);3-5H,1-2H2,(H,13,14,15);1-2,5H,3-4H2,(H,13,14,15);1-2,5H,3-4,11H2,(H,13,14,15);2*1-2,5,11H,3-4H2,(H,13,14,15);1-4H,5-6H2,(H,12,13,14);1-3,6H,4-5H2,(H,12,13,14);1-4H,5-6H2,(H,12,13,14)/p-9. The first-order chi connectivity index (χ1) is 68.9. The minimum absolute atomic E-state index is 0.0693. The van der Waals surface area contributed by atoms with Crippen molar-refractivity contribution in [3.63, 3.8) is 0 Å². The Hall–Kier alpha value is -5.67. The van der Waals surface area contributed by atoms with E-state index in [4.69, 9.17) is 5.73 Å². The van der Waals surface area contributed by atoms with Crippen LogP contribution < -0.4 is 5.73 Å². The second-order valence-corrected chi connectivity index (χ2v) is 53.8. The van der Waals surface area contributed by atoms with E-state index in [-0.39, 0.29) is 28.2 Å². The minimum Gasteiger partial charge on any atom is -0.748 e. The number of carbonyl (C=O) groups excluding carboxylic acids is 9. The van der Waals surface area contributed by atoms with Gasteiger partial charge in [-0.3, -0.25) is 0 Å². The average molecular weight is 3410 g/mol. The molecule has 0 amide bonds. The fraction of sp³-hybridized carbons (Fsp3) is 0.232. The number of phenolic OH excluding ortho intramolecular Hbond substituents is 2. The molecule has 150 heavy (non-hydrogen) atoms. The van der Waals surface area contributed by atoms with Gasteiger partial charge in [-0.25, -0.2) is 119 Å². The number of halogens is 11. The third-order valence-electron chi connectivity index (χ3n) is 15.6. The molecule has 0 aromatic heterocycles. The summed E-state index contributed by atoms with van der Waals surface area (Å²) in [4.78, 5) is 103. The molecule has 48 nitrogen and oxygen atoms in total. The van der Waals surface area contributed by atoms with E-state index in [1.807, 2.05) is 165 Å². The van der Waals surface area contributed by atoms with Crippen LogP contribution in [0.3, 0.4) is 0 Å². The second kappa shape index (κ2) is 69.5. The Labute approximate surface area is 998 Å². The van der Waals surface area contributed by atoms with Crippen molar-refractivity contribution in [3.05, 3.63) is 279 Å². The van der Waals surface area contributed by atoms with Crippen LogP contribution in [0.5, 0.6) is 11.5 Å². The third-order valence-corrected chi connectivity index (χ3v) is 29.8. The lowest BCUT2D eigenvalue weighted by Gasteiger charge is -2.08. The summed E-state index contributed by atoms with van der Waals surface area (Å²) in [7, 11) is -39.3. The molecule has 0 heterocycles. The van der Waals surface area contributed by atoms with Gasteiger partial charge in [-0.1, -0.05) is 34.1 Å². The van der Waals surface area contributed by atoms with Crippen molar-refractivity contribution in [2.75, 3.05) is 117 Å². The number of anilines is 1. The molecule has 0 aliphatic rings. The van der Waals surface area contributed by atoms with Crippen LogP contribution in [0.2, 0.25) is 0 Å². The first-order valence-electron chi connectivity index (χ1n) is 39.3. The summed E-state index contributed by atoms with van der Waals surface area (Å²) >= 11 is 24.5. The van der Waals surface area contributed by atoms with Crippen molar-refractivity contribution in [1.29, 1.82) is 0 Å². The normalized spacial score (nSPS) is 11.2. The van der Waals surface area contributed by atoms with E-state index < -0.39 is 256 Å². The van der Waals surface area contributed by atoms with Gasteiger partial charge < -0.3 is 99.6 Å². The van der Waals surface area contributed by atoms with Gasteiger partial charge in [0.05, 0.1) is 182 Å². The highest BCUT2D eigenvalue weighted by Crippen LogP contribution is 2.26. The van der Waals surface area contributed by atoms with E-state index >= 15 is 0 Å². The maximum Gasteiger partial charge on any atom is 0.341 e. The molecular formula is C82H73Br2I9NO47S9-9. The molecule has 0 saturated carbocycles. The summed E-state index contributed by atoms with van der Waals surface area (Å²) in [6, 6.07) is 48.1. The molecule has 9 rings (SSSR count). The highest BCUT2D eigenvalue weighted by Gasteiger charge is 2.20. The molecule has 9 aromatic rings. The molecule has 0 aliphatic heterocycles. The molecule has 0 saturated heterocycles. The molecule has 828 valence electrons. The molecule has 0 aliphatic carbocycles. The molecule has 0 atom stereocenters. The SMILES string of the molecule is Cc1cc(C(=O)OCCS(=O)(=O)[O-])ccc1I.Nc1ccc(C(=O)OCCS(=O)(=O)[O-])cc1I.O=C(OCCS(=O)(=O)[O-])c1cc(Br)cc(I)c1.O=C(OCCS(=O)(=O)[O-])c1cc(I)ccc1Br.O=C(OCCS(=O)(=O)[O-])c1cc(I)ccc1O.O=C(OCCS(=O)(=O)[O-])c1ccc(I)cc1.O=C(OCCS(=O)(=O)[O-])c1ccc(I)cc1O.O=C(OCCS(=O)(=O)[O-])c1cccc(I)c1.O=C(OCCS(=O)(=O)[O-])c1ccccc1I. The number of phenols is 2. The summed E-state index contributed by atoms with van der Waals surface area (Å²) in [5, 5.41) is 18.8. The van der Waals surface area contributed by atoms with Crippen LogP contribution in [0.25, 0.3) is 0 Å². The monoisotopic (exact) mass is 3410 g/mol. The van der Waals surface area contributed by atoms with Crippen molar-refractivity contribution in [2.45, 2.75) is 6.92 Å². The maximum absolute atomic E-state index is 11.6. The molecule has 68 heteroatoms. The quantitative estimate of drug-likeness (QED) is 0.0108. The zero-order chi connectivity index (χ0) is 115. The summed E-state index contributed by atoms with van der Waals surface area (Å²) in [6.07, 6.45) is 0. The van der Waals surface area contributed by atoms with Gasteiger partial charge in [0, 0.05) is 46.8 Å². The summed E-state index contributed by atoms with van der Waals surface area (Å²) < 4.78 is 328. The van der Waals surface area contributed by atoms with Crippen molar-refractivity contribution in [2.24, 2.45) is 0 Å². The minimum atomic E-state index is -4.41.